The molecule has 1 N–H and O–H groups in total. The Bertz CT molecular complexity index is 307. The summed E-state index contributed by atoms with van der Waals surface area (Å²) in [5.74, 6) is 0.500. The summed E-state index contributed by atoms with van der Waals surface area (Å²) >= 11 is 6.17. The molecule has 86 valence electrons. The minimum Gasteiger partial charge on any atom is -0.311 e. The predicted molar refractivity (Wildman–Crippen MR) is 64.2 cm³/mol. The number of nitrogens with one attached hydrogen (secondary N) is 1. The van der Waals surface area contributed by atoms with Crippen LogP contribution >= 0.6 is 11.6 Å². The van der Waals surface area contributed by atoms with Crippen LogP contribution in [0, 0.1) is 5.92 Å². The normalized spacial score (nSPS) is 13.5. The maximum atomic E-state index is 6.17. The summed E-state index contributed by atoms with van der Waals surface area (Å²) in [6.07, 6.45) is 2.80. The van der Waals surface area contributed by atoms with Crippen molar-refractivity contribution in [2.75, 3.05) is 7.05 Å². The lowest BCUT2D eigenvalue weighted by Crippen LogP contribution is -2.25. The Hall–Kier alpha value is -0.540. The van der Waals surface area contributed by atoms with Gasteiger partial charge in [-0.05, 0) is 19.4 Å². The topological polar surface area (TPSA) is 29.9 Å². The van der Waals surface area contributed by atoms with E-state index in [9.17, 15) is 0 Å². The molecule has 3 nitrogen and oxygen atoms in total. The molecule has 0 amide bonds. The van der Waals surface area contributed by atoms with E-state index in [4.69, 9.17) is 11.6 Å². The highest BCUT2D eigenvalue weighted by molar-refractivity contribution is 6.31. The van der Waals surface area contributed by atoms with Gasteiger partial charge in [0.15, 0.2) is 0 Å². The van der Waals surface area contributed by atoms with Crippen molar-refractivity contribution < 1.29 is 0 Å². The second kappa shape index (κ2) is 5.52. The summed E-state index contributed by atoms with van der Waals surface area (Å²) in [7, 11) is 1.96. The lowest BCUT2D eigenvalue weighted by Gasteiger charge is -2.22. The molecule has 0 saturated heterocycles. The maximum absolute atomic E-state index is 6.17. The van der Waals surface area contributed by atoms with Crippen LogP contribution in [0.1, 0.15) is 38.9 Å². The number of aryl methyl sites for hydroxylation is 1. The van der Waals surface area contributed by atoms with Crippen molar-refractivity contribution in [2.24, 2.45) is 5.92 Å². The van der Waals surface area contributed by atoms with Gasteiger partial charge in [-0.1, -0.05) is 32.4 Å². The number of hydrogen-bond acceptors (Lipinski definition) is 2. The maximum Gasteiger partial charge on any atom is 0.0834 e. The lowest BCUT2D eigenvalue weighted by molar-refractivity contribution is 0.404. The van der Waals surface area contributed by atoms with Crippen LogP contribution in [-0.4, -0.2) is 16.8 Å². The minimum absolute atomic E-state index is 0.270. The summed E-state index contributed by atoms with van der Waals surface area (Å²) in [5.41, 5.74) is 1.11. The van der Waals surface area contributed by atoms with E-state index in [1.54, 1.807) is 6.20 Å². The molecule has 1 rings (SSSR count). The largest absolute Gasteiger partial charge is 0.311 e. The first-order valence-corrected chi connectivity index (χ1v) is 5.88. The highest BCUT2D eigenvalue weighted by atomic mass is 35.5. The zero-order valence-corrected chi connectivity index (χ0v) is 10.7. The molecule has 0 fully saturated rings. The fourth-order valence-corrected chi connectivity index (χ4v) is 2.12. The van der Waals surface area contributed by atoms with Crippen molar-refractivity contribution in [1.29, 1.82) is 0 Å². The van der Waals surface area contributed by atoms with Gasteiger partial charge in [-0.15, -0.1) is 0 Å². The summed E-state index contributed by atoms with van der Waals surface area (Å²) in [5, 5.41) is 8.36. The van der Waals surface area contributed by atoms with Gasteiger partial charge < -0.3 is 5.32 Å². The summed E-state index contributed by atoms with van der Waals surface area (Å²) < 4.78 is 2.00. The van der Waals surface area contributed by atoms with Crippen molar-refractivity contribution in [3.05, 3.63) is 16.9 Å². The zero-order valence-electron chi connectivity index (χ0n) is 9.92. The van der Waals surface area contributed by atoms with E-state index in [1.807, 2.05) is 11.7 Å². The average Bonchev–Trinajstić information content (AvgIpc) is 2.51. The molecular formula is C11H20ClN3. The van der Waals surface area contributed by atoms with Gasteiger partial charge in [0.1, 0.15) is 0 Å². The van der Waals surface area contributed by atoms with Gasteiger partial charge in [0, 0.05) is 6.54 Å². The van der Waals surface area contributed by atoms with Crippen molar-refractivity contribution in [2.45, 2.75) is 39.8 Å². The van der Waals surface area contributed by atoms with Crippen LogP contribution in [0.5, 0.6) is 0 Å². The van der Waals surface area contributed by atoms with Crippen LogP contribution in [0.4, 0.5) is 0 Å². The first-order chi connectivity index (χ1) is 7.11. The first-order valence-electron chi connectivity index (χ1n) is 5.50. The number of halogens is 1. The fraction of sp³-hybridized carbons (Fsp3) is 0.727. The second-order valence-corrected chi connectivity index (χ2v) is 4.52. The Kier molecular flexibility index (Phi) is 4.61. The Morgan fingerprint density at radius 1 is 1.53 bits per heavy atom. The second-order valence-electron chi connectivity index (χ2n) is 4.11. The van der Waals surface area contributed by atoms with Gasteiger partial charge in [0.2, 0.25) is 0 Å². The average molecular weight is 230 g/mol. The number of hydrogen-bond donors (Lipinski definition) is 1. The SMILES string of the molecule is CCCn1ncc(Cl)c1C(NC)C(C)C. The summed E-state index contributed by atoms with van der Waals surface area (Å²) in [6, 6.07) is 0.270. The molecule has 1 heterocycles. The molecule has 1 aromatic heterocycles. The molecule has 0 aliphatic carbocycles. The minimum atomic E-state index is 0.270. The van der Waals surface area contributed by atoms with Gasteiger partial charge in [-0.2, -0.15) is 5.10 Å². The standard InChI is InChI=1S/C11H20ClN3/c1-5-6-15-11(9(12)7-14-15)10(13-4)8(2)3/h7-8,10,13H,5-6H2,1-4H3. The molecule has 0 aliphatic heterocycles. The van der Waals surface area contributed by atoms with E-state index in [0.717, 1.165) is 23.7 Å². The molecule has 0 spiro atoms. The highest BCUT2D eigenvalue weighted by Crippen LogP contribution is 2.27. The van der Waals surface area contributed by atoms with Crippen LogP contribution in [0.15, 0.2) is 6.20 Å². The smallest absolute Gasteiger partial charge is 0.0834 e. The highest BCUT2D eigenvalue weighted by Gasteiger charge is 2.21. The third-order valence-corrected chi connectivity index (χ3v) is 2.83. The van der Waals surface area contributed by atoms with Crippen molar-refractivity contribution >= 4 is 11.6 Å². The van der Waals surface area contributed by atoms with Crippen LogP contribution < -0.4 is 5.32 Å². The van der Waals surface area contributed by atoms with Crippen LogP contribution in [-0.2, 0) is 6.54 Å². The van der Waals surface area contributed by atoms with Crippen LogP contribution in [0.25, 0.3) is 0 Å². The van der Waals surface area contributed by atoms with Gasteiger partial charge >= 0.3 is 0 Å². The molecule has 0 aliphatic rings. The number of aromatic nitrogens is 2. The number of nitrogens with zero attached hydrogens (tertiary/aromatic N) is 2. The third kappa shape index (κ3) is 2.73. The lowest BCUT2D eigenvalue weighted by atomic mass is 10.0. The molecular weight excluding hydrogens is 210 g/mol. The monoisotopic (exact) mass is 229 g/mol. The Morgan fingerprint density at radius 2 is 2.20 bits per heavy atom. The van der Waals surface area contributed by atoms with Crippen LogP contribution in [0.2, 0.25) is 5.02 Å². The quantitative estimate of drug-likeness (QED) is 0.842. The van der Waals surface area contributed by atoms with Gasteiger partial charge in [-0.3, -0.25) is 4.68 Å². The van der Waals surface area contributed by atoms with E-state index < -0.39 is 0 Å². The van der Waals surface area contributed by atoms with E-state index >= 15 is 0 Å². The van der Waals surface area contributed by atoms with E-state index in [0.29, 0.717) is 5.92 Å². The molecule has 0 bridgehead atoms. The molecule has 1 atom stereocenters. The molecule has 1 unspecified atom stereocenters. The number of rotatable bonds is 5. The van der Waals surface area contributed by atoms with Crippen molar-refractivity contribution in [3.63, 3.8) is 0 Å². The van der Waals surface area contributed by atoms with Gasteiger partial charge in [-0.25, -0.2) is 0 Å². The van der Waals surface area contributed by atoms with Crippen LogP contribution in [0.3, 0.4) is 0 Å². The van der Waals surface area contributed by atoms with Gasteiger partial charge in [0.05, 0.1) is 23.0 Å². The molecule has 0 aromatic carbocycles. The molecule has 0 radical (unpaired) electrons. The molecule has 4 heteroatoms. The van der Waals surface area contributed by atoms with E-state index in [1.165, 1.54) is 0 Å². The predicted octanol–water partition coefficient (Wildman–Crippen LogP) is 2.86. The third-order valence-electron chi connectivity index (χ3n) is 2.54. The van der Waals surface area contributed by atoms with E-state index in [-0.39, 0.29) is 6.04 Å². The Labute approximate surface area is 96.8 Å². The summed E-state index contributed by atoms with van der Waals surface area (Å²) in [4.78, 5) is 0. The van der Waals surface area contributed by atoms with Gasteiger partial charge in [0.25, 0.3) is 0 Å². The Morgan fingerprint density at radius 3 is 2.67 bits per heavy atom. The molecule has 15 heavy (non-hydrogen) atoms. The first kappa shape index (κ1) is 12.5. The Balaban J connectivity index is 3.03. The molecule has 1 aromatic rings. The fourth-order valence-electron chi connectivity index (χ4n) is 1.86. The van der Waals surface area contributed by atoms with E-state index in [2.05, 4.69) is 31.2 Å². The van der Waals surface area contributed by atoms with Crippen molar-refractivity contribution in [3.8, 4) is 0 Å². The summed E-state index contributed by atoms with van der Waals surface area (Å²) in [6.45, 7) is 7.43. The molecule has 0 saturated carbocycles. The zero-order chi connectivity index (χ0) is 11.4. The van der Waals surface area contributed by atoms with Crippen molar-refractivity contribution in [1.82, 2.24) is 15.1 Å².